The summed E-state index contributed by atoms with van der Waals surface area (Å²) in [7, 11) is 5.60. The molecule has 150 valence electrons. The summed E-state index contributed by atoms with van der Waals surface area (Å²) < 4.78 is 12.4. The lowest BCUT2D eigenvalue weighted by molar-refractivity contribution is 0.0123. The Labute approximate surface area is 164 Å². The Morgan fingerprint density at radius 1 is 1.25 bits per heavy atom. The first kappa shape index (κ1) is 20.0. The predicted molar refractivity (Wildman–Crippen MR) is 109 cm³/mol. The van der Waals surface area contributed by atoms with Crippen molar-refractivity contribution < 1.29 is 14.3 Å². The first-order valence-electron chi connectivity index (χ1n) is 9.31. The van der Waals surface area contributed by atoms with Gasteiger partial charge >= 0.3 is 5.97 Å². The molecule has 0 aliphatic heterocycles. The third-order valence-electron chi connectivity index (χ3n) is 4.49. The molecular weight excluding hydrogens is 358 g/mol. The third-order valence-corrected chi connectivity index (χ3v) is 4.49. The van der Waals surface area contributed by atoms with Crippen LogP contribution in [0.1, 0.15) is 23.7 Å². The van der Waals surface area contributed by atoms with Crippen LogP contribution in [0.25, 0.3) is 22.2 Å². The summed E-state index contributed by atoms with van der Waals surface area (Å²) in [6.45, 7) is 3.61. The maximum Gasteiger partial charge on any atom is 0.344 e. The second-order valence-corrected chi connectivity index (χ2v) is 7.12. The number of aromatic nitrogens is 3. The summed E-state index contributed by atoms with van der Waals surface area (Å²) in [4.78, 5) is 24.4. The SMILES string of the molecule is COC[C@@H](C)OC(=O)c1c(N)n(CCCN(C)C)c2nc3ccccc3nc12. The van der Waals surface area contributed by atoms with Gasteiger partial charge in [-0.25, -0.2) is 14.8 Å². The molecule has 0 spiro atoms. The molecule has 2 heterocycles. The van der Waals surface area contributed by atoms with Crippen molar-refractivity contribution in [3.63, 3.8) is 0 Å². The van der Waals surface area contributed by atoms with Gasteiger partial charge in [0.1, 0.15) is 23.0 Å². The minimum atomic E-state index is -0.511. The van der Waals surface area contributed by atoms with Gasteiger partial charge in [-0.3, -0.25) is 0 Å². The van der Waals surface area contributed by atoms with E-state index in [1.54, 1.807) is 14.0 Å². The number of carbonyl (C=O) groups is 1. The highest BCUT2D eigenvalue weighted by atomic mass is 16.6. The number of aryl methyl sites for hydroxylation is 1. The molecule has 28 heavy (non-hydrogen) atoms. The van der Waals surface area contributed by atoms with Crippen molar-refractivity contribution in [2.24, 2.45) is 0 Å². The van der Waals surface area contributed by atoms with Gasteiger partial charge in [-0.1, -0.05) is 12.1 Å². The lowest BCUT2D eigenvalue weighted by Gasteiger charge is -2.13. The van der Waals surface area contributed by atoms with Crippen molar-refractivity contribution in [3.05, 3.63) is 29.8 Å². The van der Waals surface area contributed by atoms with E-state index in [9.17, 15) is 4.79 Å². The number of anilines is 1. The average Bonchev–Trinajstić information content (AvgIpc) is 2.90. The standard InChI is InChI=1S/C20H27N5O3/c1-13(12-27-4)28-20(26)16-17-19(23-15-9-6-5-8-14(15)22-17)25(18(16)21)11-7-10-24(2)3/h5-6,8-9,13H,7,10-12,21H2,1-4H3/t13-/m1/s1. The lowest BCUT2D eigenvalue weighted by atomic mass is 10.2. The summed E-state index contributed by atoms with van der Waals surface area (Å²) in [5, 5.41) is 0. The predicted octanol–water partition coefficient (Wildman–Crippen LogP) is 2.31. The molecule has 8 nitrogen and oxygen atoms in total. The Morgan fingerprint density at radius 3 is 2.57 bits per heavy atom. The Balaban J connectivity index is 2.09. The zero-order valence-electron chi connectivity index (χ0n) is 16.8. The largest absolute Gasteiger partial charge is 0.456 e. The molecule has 0 bridgehead atoms. The Hall–Kier alpha value is -2.71. The minimum absolute atomic E-state index is 0.265. The van der Waals surface area contributed by atoms with Crippen molar-refractivity contribution in [3.8, 4) is 0 Å². The van der Waals surface area contributed by atoms with Gasteiger partial charge < -0.3 is 24.7 Å². The van der Waals surface area contributed by atoms with Crippen LogP contribution >= 0.6 is 0 Å². The van der Waals surface area contributed by atoms with Gasteiger partial charge in [0.05, 0.1) is 17.6 Å². The molecule has 3 rings (SSSR count). The fourth-order valence-corrected chi connectivity index (χ4v) is 3.20. The van der Waals surface area contributed by atoms with E-state index in [1.807, 2.05) is 42.9 Å². The van der Waals surface area contributed by atoms with Gasteiger partial charge in [-0.05, 0) is 46.1 Å². The molecule has 2 N–H and O–H groups in total. The lowest BCUT2D eigenvalue weighted by Crippen LogP contribution is -2.20. The van der Waals surface area contributed by atoms with Crippen LogP contribution in [-0.4, -0.2) is 65.9 Å². The molecule has 0 aliphatic carbocycles. The van der Waals surface area contributed by atoms with Crippen molar-refractivity contribution in [2.75, 3.05) is 40.1 Å². The monoisotopic (exact) mass is 385 g/mol. The zero-order valence-corrected chi connectivity index (χ0v) is 16.8. The number of nitrogens with two attached hydrogens (primary N) is 1. The van der Waals surface area contributed by atoms with E-state index in [2.05, 4.69) is 9.88 Å². The van der Waals surface area contributed by atoms with Crippen LogP contribution in [0, 0.1) is 0 Å². The molecule has 3 aromatic rings. The molecule has 0 radical (unpaired) electrons. The molecule has 0 saturated carbocycles. The van der Waals surface area contributed by atoms with Crippen molar-refractivity contribution >= 4 is 34.0 Å². The number of hydrogen-bond acceptors (Lipinski definition) is 7. The van der Waals surface area contributed by atoms with E-state index in [4.69, 9.17) is 20.2 Å². The molecule has 0 saturated heterocycles. The van der Waals surface area contributed by atoms with E-state index in [1.165, 1.54) is 0 Å². The normalized spacial score (nSPS) is 12.8. The van der Waals surface area contributed by atoms with Gasteiger partial charge in [0, 0.05) is 13.7 Å². The number of rotatable bonds is 8. The summed E-state index contributed by atoms with van der Waals surface area (Å²) in [5.41, 5.74) is 9.18. The number of fused-ring (bicyclic) bond motifs is 2. The Kier molecular flexibility index (Phi) is 6.11. The molecule has 8 heteroatoms. The molecule has 0 unspecified atom stereocenters. The highest BCUT2D eigenvalue weighted by Crippen LogP contribution is 2.29. The summed E-state index contributed by atoms with van der Waals surface area (Å²) in [6, 6.07) is 7.56. The van der Waals surface area contributed by atoms with Crippen LogP contribution in [0.15, 0.2) is 24.3 Å². The number of benzene rings is 1. The van der Waals surface area contributed by atoms with Gasteiger partial charge in [0.25, 0.3) is 0 Å². The topological polar surface area (TPSA) is 95.5 Å². The minimum Gasteiger partial charge on any atom is -0.456 e. The Bertz CT molecular complexity index is 983. The number of ether oxygens (including phenoxy) is 2. The van der Waals surface area contributed by atoms with Crippen LogP contribution in [0.3, 0.4) is 0 Å². The van der Waals surface area contributed by atoms with E-state index in [0.717, 1.165) is 18.5 Å². The van der Waals surface area contributed by atoms with Gasteiger partial charge in [0.2, 0.25) is 0 Å². The van der Waals surface area contributed by atoms with E-state index in [-0.39, 0.29) is 5.56 Å². The highest BCUT2D eigenvalue weighted by Gasteiger charge is 2.26. The van der Waals surface area contributed by atoms with Crippen molar-refractivity contribution in [1.29, 1.82) is 0 Å². The fraction of sp³-hybridized carbons (Fsp3) is 0.450. The number of carbonyl (C=O) groups excluding carboxylic acids is 1. The van der Waals surface area contributed by atoms with Crippen molar-refractivity contribution in [2.45, 2.75) is 26.0 Å². The number of nitrogens with zero attached hydrogens (tertiary/aromatic N) is 4. The van der Waals surface area contributed by atoms with Crippen LogP contribution < -0.4 is 5.73 Å². The van der Waals surface area contributed by atoms with Crippen molar-refractivity contribution in [1.82, 2.24) is 19.4 Å². The second kappa shape index (κ2) is 8.53. The molecule has 0 aliphatic rings. The summed E-state index contributed by atoms with van der Waals surface area (Å²) >= 11 is 0. The third kappa shape index (κ3) is 4.07. The number of para-hydroxylation sites is 2. The molecule has 2 aromatic heterocycles. The summed E-state index contributed by atoms with van der Waals surface area (Å²) in [5.74, 6) is -0.179. The fourth-order valence-electron chi connectivity index (χ4n) is 3.20. The van der Waals surface area contributed by atoms with Gasteiger partial charge in [0.15, 0.2) is 5.65 Å². The van der Waals surface area contributed by atoms with Gasteiger partial charge in [-0.2, -0.15) is 0 Å². The first-order valence-corrected chi connectivity index (χ1v) is 9.31. The van der Waals surface area contributed by atoms with E-state index in [0.29, 0.717) is 35.7 Å². The number of esters is 1. The number of nitrogen functional groups attached to an aromatic ring is 1. The van der Waals surface area contributed by atoms with E-state index >= 15 is 0 Å². The zero-order chi connectivity index (χ0) is 20.3. The summed E-state index contributed by atoms with van der Waals surface area (Å²) in [6.07, 6.45) is 0.474. The smallest absolute Gasteiger partial charge is 0.344 e. The number of hydrogen-bond donors (Lipinski definition) is 1. The van der Waals surface area contributed by atoms with Crippen LogP contribution in [-0.2, 0) is 16.0 Å². The van der Waals surface area contributed by atoms with Gasteiger partial charge in [-0.15, -0.1) is 0 Å². The molecular formula is C20H27N5O3. The maximum absolute atomic E-state index is 12.8. The van der Waals surface area contributed by atoms with Crippen LogP contribution in [0.4, 0.5) is 5.82 Å². The second-order valence-electron chi connectivity index (χ2n) is 7.12. The molecule has 0 fully saturated rings. The van der Waals surface area contributed by atoms with Crippen LogP contribution in [0.2, 0.25) is 0 Å². The average molecular weight is 385 g/mol. The molecule has 1 aromatic carbocycles. The molecule has 1 atom stereocenters. The van der Waals surface area contributed by atoms with Crippen LogP contribution in [0.5, 0.6) is 0 Å². The van der Waals surface area contributed by atoms with E-state index < -0.39 is 12.1 Å². The first-order chi connectivity index (χ1) is 13.4. The Morgan fingerprint density at radius 2 is 1.93 bits per heavy atom. The maximum atomic E-state index is 12.8. The highest BCUT2D eigenvalue weighted by molar-refractivity contribution is 6.08. The molecule has 0 amide bonds. The quantitative estimate of drug-likeness (QED) is 0.595. The number of methoxy groups -OCH3 is 1.